The van der Waals surface area contributed by atoms with Crippen molar-refractivity contribution in [2.45, 2.75) is 73.7 Å². The molecule has 0 aliphatic heterocycles. The quantitative estimate of drug-likeness (QED) is 0.634. The van der Waals surface area contributed by atoms with E-state index in [4.69, 9.17) is 18.9 Å². The Hall–Kier alpha value is -0.648. The van der Waals surface area contributed by atoms with Crippen LogP contribution in [-0.4, -0.2) is 43.9 Å². The van der Waals surface area contributed by atoms with Crippen molar-refractivity contribution in [2.24, 2.45) is 0 Å². The van der Waals surface area contributed by atoms with Gasteiger partial charge in [-0.2, -0.15) is 0 Å². The zero-order valence-corrected chi connectivity index (χ0v) is 15.3. The number of hydrogen-bond acceptors (Lipinski definition) is 7. The summed E-state index contributed by atoms with van der Waals surface area (Å²) < 4.78 is 27.7. The van der Waals surface area contributed by atoms with Crippen LogP contribution in [0.3, 0.4) is 0 Å². The van der Waals surface area contributed by atoms with Gasteiger partial charge in [-0.25, -0.2) is 0 Å². The summed E-state index contributed by atoms with van der Waals surface area (Å²) >= 11 is -5.46. The van der Waals surface area contributed by atoms with Crippen LogP contribution >= 0.6 is 0 Å². The van der Waals surface area contributed by atoms with Gasteiger partial charge in [-0.15, -0.1) is 0 Å². The van der Waals surface area contributed by atoms with Crippen molar-refractivity contribution in [3.05, 3.63) is 0 Å². The Morgan fingerprint density at radius 2 is 0.905 bits per heavy atom. The fourth-order valence-corrected chi connectivity index (χ4v) is 6.49. The molecule has 0 N–H and O–H groups in total. The first-order valence-corrected chi connectivity index (χ1v) is 9.52. The molecular weight excluding hydrogens is 295 g/mol. The molecule has 0 saturated carbocycles. The summed E-state index contributed by atoms with van der Waals surface area (Å²) in [6.07, 6.45) is -1.32. The van der Waals surface area contributed by atoms with Gasteiger partial charge in [0, 0.05) is 0 Å². The van der Waals surface area contributed by atoms with E-state index in [1.807, 2.05) is 0 Å². The maximum absolute atomic E-state index is 11.6. The minimum absolute atomic E-state index is 0.440. The van der Waals surface area contributed by atoms with Crippen molar-refractivity contribution in [1.29, 1.82) is 0 Å². The molecule has 0 aromatic carbocycles. The predicted molar refractivity (Wildman–Crippen MR) is 77.9 cm³/mol. The summed E-state index contributed by atoms with van der Waals surface area (Å²) in [4.78, 5) is 23.2. The monoisotopic (exact) mass is 322 g/mol. The molecule has 0 unspecified atom stereocenters. The van der Waals surface area contributed by atoms with Gasteiger partial charge < -0.3 is 0 Å². The molecule has 0 aliphatic carbocycles. The zero-order valence-electron chi connectivity index (χ0n) is 14.2. The molecule has 0 aliphatic rings. The van der Waals surface area contributed by atoms with Crippen LogP contribution in [0.25, 0.3) is 0 Å². The van der Waals surface area contributed by atoms with Gasteiger partial charge in [0.15, 0.2) is 0 Å². The topological polar surface area (TPSA) is 80.3 Å². The Bertz CT molecular complexity index is 329. The van der Waals surface area contributed by atoms with E-state index in [2.05, 4.69) is 0 Å². The Labute approximate surface area is 128 Å². The van der Waals surface area contributed by atoms with E-state index in [0.29, 0.717) is 0 Å². The van der Waals surface area contributed by atoms with Crippen molar-refractivity contribution in [3.8, 4) is 0 Å². The molecule has 8 heteroatoms. The Kier molecular flexibility index (Phi) is 7.33. The van der Waals surface area contributed by atoms with Gasteiger partial charge in [-0.3, -0.25) is 0 Å². The standard InChI is InChI=1S/3C3H7O.2C2H4O2.Al/c3*1-3(2)4;2*1-2(3)4;/h3*3H,1-2H3;2*1H3,(H,3,4);/q3*-1;;;+3/p-2. The molecule has 0 heterocycles. The Morgan fingerprint density at radius 1 is 0.667 bits per heavy atom. The number of carbonyl (C=O) groups is 2. The van der Waals surface area contributed by atoms with Crippen LogP contribution in [0.5, 0.6) is 0 Å². The van der Waals surface area contributed by atoms with Gasteiger partial charge in [0.05, 0.1) is 0 Å². The molecule has 0 spiro atoms. The number of hydrogen-bond donors (Lipinski definition) is 0. The van der Waals surface area contributed by atoms with E-state index in [-0.39, 0.29) is 0 Å². The third-order valence-electron chi connectivity index (χ3n) is 2.20. The SMILES string of the molecule is CC(=O)[O][Al-2]([O]C(C)=O)([O]C(C)C)([O]C(C)C)[O]C(C)C. The Morgan fingerprint density at radius 3 is 1.05 bits per heavy atom. The minimum atomic E-state index is -5.46. The molecule has 0 atom stereocenters. The maximum atomic E-state index is 11.6. The second kappa shape index (κ2) is 7.57. The van der Waals surface area contributed by atoms with Crippen LogP contribution in [-0.2, 0) is 28.5 Å². The van der Waals surface area contributed by atoms with Crippen molar-refractivity contribution in [1.82, 2.24) is 0 Å². The van der Waals surface area contributed by atoms with Gasteiger partial charge >= 0.3 is 128 Å². The van der Waals surface area contributed by atoms with E-state index >= 15 is 0 Å². The summed E-state index contributed by atoms with van der Waals surface area (Å²) in [6, 6.07) is 0. The molecule has 0 rings (SSSR count). The van der Waals surface area contributed by atoms with E-state index in [0.717, 1.165) is 0 Å². The molecule has 0 aromatic rings. The average Bonchev–Trinajstić information content (AvgIpc) is 2.07. The third kappa shape index (κ3) is 6.76. The van der Waals surface area contributed by atoms with Crippen molar-refractivity contribution in [3.63, 3.8) is 0 Å². The second-order valence-electron chi connectivity index (χ2n) is 5.74. The van der Waals surface area contributed by atoms with E-state index in [1.165, 1.54) is 13.8 Å². The molecule has 0 fully saturated rings. The predicted octanol–water partition coefficient (Wildman–Crippen LogP) is 2.27. The van der Waals surface area contributed by atoms with Crippen molar-refractivity contribution < 1.29 is 28.5 Å². The summed E-state index contributed by atoms with van der Waals surface area (Å²) in [5.74, 6) is -1.41. The van der Waals surface area contributed by atoms with Gasteiger partial charge in [0.2, 0.25) is 0 Å². The summed E-state index contributed by atoms with van der Waals surface area (Å²) in [7, 11) is 0. The van der Waals surface area contributed by atoms with Crippen molar-refractivity contribution in [2.75, 3.05) is 0 Å². The zero-order chi connectivity index (χ0) is 16.9. The van der Waals surface area contributed by atoms with E-state index in [1.54, 1.807) is 41.5 Å². The first-order valence-electron chi connectivity index (χ1n) is 7.17. The summed E-state index contributed by atoms with van der Waals surface area (Å²) in [5.41, 5.74) is 0. The van der Waals surface area contributed by atoms with E-state index < -0.39 is 43.9 Å². The fourth-order valence-electron chi connectivity index (χ4n) is 2.16. The molecule has 21 heavy (non-hydrogen) atoms. The van der Waals surface area contributed by atoms with Crippen LogP contribution < -0.4 is 0 Å². The third-order valence-corrected chi connectivity index (χ3v) is 6.60. The van der Waals surface area contributed by atoms with Crippen LogP contribution in [0, 0.1) is 0 Å². The molecule has 0 aromatic heterocycles. The molecule has 7 nitrogen and oxygen atoms in total. The summed E-state index contributed by atoms with van der Waals surface area (Å²) in [6.45, 7) is 12.6. The molecule has 0 bridgehead atoms. The van der Waals surface area contributed by atoms with Gasteiger partial charge in [-0.05, 0) is 0 Å². The van der Waals surface area contributed by atoms with Gasteiger partial charge in [-0.1, -0.05) is 0 Å². The number of carbonyl (C=O) groups excluding carboxylic acids is 2. The average molecular weight is 322 g/mol. The normalized spacial score (nSPS) is 14.1. The molecule has 126 valence electrons. The van der Waals surface area contributed by atoms with Crippen LogP contribution in [0.15, 0.2) is 0 Å². The molecule has 0 saturated heterocycles. The number of rotatable bonds is 8. The van der Waals surface area contributed by atoms with Crippen LogP contribution in [0.1, 0.15) is 55.4 Å². The Balaban J connectivity index is 6.06. The van der Waals surface area contributed by atoms with E-state index in [9.17, 15) is 9.59 Å². The molecule has 0 radical (unpaired) electrons. The van der Waals surface area contributed by atoms with Gasteiger partial charge in [0.1, 0.15) is 0 Å². The summed E-state index contributed by atoms with van der Waals surface area (Å²) in [5, 5.41) is 0. The van der Waals surface area contributed by atoms with Gasteiger partial charge in [0.25, 0.3) is 0 Å². The first kappa shape index (κ1) is 20.4. The molecule has 0 amide bonds. The van der Waals surface area contributed by atoms with Crippen molar-refractivity contribution >= 4 is 25.6 Å². The molecular formula is C13H27AlO7-2. The van der Waals surface area contributed by atoms with Crippen LogP contribution in [0.2, 0.25) is 0 Å². The van der Waals surface area contributed by atoms with Crippen LogP contribution in [0.4, 0.5) is 0 Å². The fraction of sp³-hybridized carbons (Fsp3) is 0.846. The second-order valence-corrected chi connectivity index (χ2v) is 8.95. The first-order chi connectivity index (χ1) is 9.40.